The van der Waals surface area contributed by atoms with Gasteiger partial charge in [-0.05, 0) is 18.2 Å². The number of halogens is 1. The summed E-state index contributed by atoms with van der Waals surface area (Å²) in [6.07, 6.45) is 0. The van der Waals surface area contributed by atoms with Crippen molar-refractivity contribution in [2.24, 2.45) is 0 Å². The van der Waals surface area contributed by atoms with Crippen molar-refractivity contribution in [2.45, 2.75) is 6.92 Å². The van der Waals surface area contributed by atoms with E-state index >= 15 is 0 Å². The third-order valence-electron chi connectivity index (χ3n) is 2.00. The van der Waals surface area contributed by atoms with E-state index < -0.39 is 0 Å². The van der Waals surface area contributed by atoms with E-state index in [1.165, 1.54) is 6.92 Å². The van der Waals surface area contributed by atoms with Gasteiger partial charge in [0.25, 0.3) is 5.56 Å². The monoisotopic (exact) mass is 222 g/mol. The Labute approximate surface area is 89.9 Å². The molecule has 5 heteroatoms. The van der Waals surface area contributed by atoms with Gasteiger partial charge in [-0.1, -0.05) is 11.6 Å². The van der Waals surface area contributed by atoms with Crippen molar-refractivity contribution in [2.75, 3.05) is 0 Å². The molecule has 0 saturated carbocycles. The van der Waals surface area contributed by atoms with Gasteiger partial charge in [-0.25, -0.2) is 4.98 Å². The Morgan fingerprint density at radius 3 is 2.87 bits per heavy atom. The molecule has 0 bridgehead atoms. The Morgan fingerprint density at radius 1 is 1.47 bits per heavy atom. The maximum absolute atomic E-state index is 11.5. The van der Waals surface area contributed by atoms with Crippen LogP contribution in [0.15, 0.2) is 23.0 Å². The van der Waals surface area contributed by atoms with Gasteiger partial charge in [0.15, 0.2) is 11.6 Å². The lowest BCUT2D eigenvalue weighted by Gasteiger charge is -1.99. The highest BCUT2D eigenvalue weighted by Gasteiger charge is 2.07. The summed E-state index contributed by atoms with van der Waals surface area (Å²) in [5.41, 5.74) is 0.0957. The molecular weight excluding hydrogens is 216 g/mol. The first-order valence-electron chi connectivity index (χ1n) is 4.28. The summed E-state index contributed by atoms with van der Waals surface area (Å²) in [6, 6.07) is 4.74. The minimum absolute atomic E-state index is 0.0507. The van der Waals surface area contributed by atoms with E-state index in [-0.39, 0.29) is 17.2 Å². The van der Waals surface area contributed by atoms with Crippen LogP contribution in [0.1, 0.15) is 17.5 Å². The molecule has 2 rings (SSSR count). The zero-order valence-electron chi connectivity index (χ0n) is 7.87. The van der Waals surface area contributed by atoms with E-state index in [2.05, 4.69) is 9.97 Å². The Hall–Kier alpha value is -1.68. The average Bonchev–Trinajstić information content (AvgIpc) is 2.16. The highest BCUT2D eigenvalue weighted by molar-refractivity contribution is 6.31. The predicted octanol–water partition coefficient (Wildman–Crippen LogP) is 1.78. The summed E-state index contributed by atoms with van der Waals surface area (Å²) in [7, 11) is 0. The van der Waals surface area contributed by atoms with Gasteiger partial charge >= 0.3 is 0 Å². The van der Waals surface area contributed by atoms with Gasteiger partial charge in [0.05, 0.1) is 10.9 Å². The number of nitrogens with zero attached hydrogens (tertiary/aromatic N) is 1. The zero-order valence-corrected chi connectivity index (χ0v) is 8.63. The molecule has 0 unspecified atom stereocenters. The largest absolute Gasteiger partial charge is 0.303 e. The molecular formula is C10H7ClN2O2. The molecule has 0 atom stereocenters. The summed E-state index contributed by atoms with van der Waals surface area (Å²) >= 11 is 5.77. The summed E-state index contributed by atoms with van der Waals surface area (Å²) in [6.45, 7) is 1.34. The summed E-state index contributed by atoms with van der Waals surface area (Å²) in [4.78, 5) is 29.0. The van der Waals surface area contributed by atoms with Gasteiger partial charge in [-0.3, -0.25) is 9.59 Å². The highest BCUT2D eigenvalue weighted by atomic mass is 35.5. The van der Waals surface area contributed by atoms with Gasteiger partial charge in [-0.15, -0.1) is 0 Å². The van der Waals surface area contributed by atoms with Gasteiger partial charge in [0, 0.05) is 11.9 Å². The lowest BCUT2D eigenvalue weighted by molar-refractivity contribution is 0.100. The molecule has 0 radical (unpaired) electrons. The molecule has 15 heavy (non-hydrogen) atoms. The molecule has 0 saturated heterocycles. The molecule has 1 N–H and O–H groups in total. The Kier molecular flexibility index (Phi) is 2.28. The summed E-state index contributed by atoms with van der Waals surface area (Å²) in [5.74, 6) is -0.233. The van der Waals surface area contributed by atoms with E-state index in [4.69, 9.17) is 11.6 Å². The van der Waals surface area contributed by atoms with Crippen molar-refractivity contribution in [1.29, 1.82) is 0 Å². The first-order chi connectivity index (χ1) is 7.08. The first-order valence-corrected chi connectivity index (χ1v) is 4.66. The van der Waals surface area contributed by atoms with Gasteiger partial charge < -0.3 is 4.98 Å². The van der Waals surface area contributed by atoms with E-state index in [1.54, 1.807) is 18.2 Å². The maximum atomic E-state index is 11.5. The second-order valence-corrected chi connectivity index (χ2v) is 3.57. The quantitative estimate of drug-likeness (QED) is 0.748. The van der Waals surface area contributed by atoms with Crippen molar-refractivity contribution in [3.8, 4) is 0 Å². The van der Waals surface area contributed by atoms with E-state index in [9.17, 15) is 9.59 Å². The number of hydrogen-bond donors (Lipinski definition) is 1. The Morgan fingerprint density at radius 2 is 2.20 bits per heavy atom. The van der Waals surface area contributed by atoms with Crippen molar-refractivity contribution >= 4 is 28.3 Å². The maximum Gasteiger partial charge on any atom is 0.259 e. The number of nitrogens with one attached hydrogen (secondary N) is 1. The standard InChI is InChI=1S/C10H7ClN2O2/c1-5(14)9-12-8-4-6(11)2-3-7(8)10(15)13-9/h2-4H,1H3,(H,12,13,15). The van der Waals surface area contributed by atoms with E-state index in [0.717, 1.165) is 0 Å². The molecule has 1 aromatic carbocycles. The molecule has 1 heterocycles. The van der Waals surface area contributed by atoms with Gasteiger partial charge in [0.1, 0.15) is 0 Å². The number of fused-ring (bicyclic) bond motifs is 1. The topological polar surface area (TPSA) is 62.8 Å². The van der Waals surface area contributed by atoms with Gasteiger partial charge in [-0.2, -0.15) is 0 Å². The predicted molar refractivity (Wildman–Crippen MR) is 57.4 cm³/mol. The molecule has 2 aromatic rings. The molecule has 4 nitrogen and oxygen atoms in total. The van der Waals surface area contributed by atoms with Crippen molar-refractivity contribution in [1.82, 2.24) is 9.97 Å². The van der Waals surface area contributed by atoms with Crippen LogP contribution in [0.4, 0.5) is 0 Å². The van der Waals surface area contributed by atoms with Gasteiger partial charge in [0.2, 0.25) is 0 Å². The minimum Gasteiger partial charge on any atom is -0.303 e. The van der Waals surface area contributed by atoms with Crippen LogP contribution < -0.4 is 5.56 Å². The number of aromatic nitrogens is 2. The fraction of sp³-hybridized carbons (Fsp3) is 0.100. The number of rotatable bonds is 1. The number of H-pyrrole nitrogens is 1. The third-order valence-corrected chi connectivity index (χ3v) is 2.24. The van der Waals surface area contributed by atoms with Crippen LogP contribution in [0.2, 0.25) is 5.02 Å². The van der Waals surface area contributed by atoms with Crippen LogP contribution >= 0.6 is 11.6 Å². The number of benzene rings is 1. The van der Waals surface area contributed by atoms with Crippen LogP contribution in [0, 0.1) is 0 Å². The molecule has 0 spiro atoms. The second-order valence-electron chi connectivity index (χ2n) is 3.13. The van der Waals surface area contributed by atoms with Crippen LogP contribution in [0.3, 0.4) is 0 Å². The summed E-state index contributed by atoms with van der Waals surface area (Å²) < 4.78 is 0. The van der Waals surface area contributed by atoms with Crippen LogP contribution in [0.5, 0.6) is 0 Å². The zero-order chi connectivity index (χ0) is 11.0. The second kappa shape index (κ2) is 3.47. The fourth-order valence-electron chi connectivity index (χ4n) is 1.28. The third kappa shape index (κ3) is 1.76. The van der Waals surface area contributed by atoms with Crippen molar-refractivity contribution in [3.05, 3.63) is 39.4 Å². The van der Waals surface area contributed by atoms with Crippen molar-refractivity contribution < 1.29 is 4.79 Å². The first kappa shape index (κ1) is 9.86. The number of carbonyl (C=O) groups excluding carboxylic acids is 1. The molecule has 0 aliphatic heterocycles. The lowest BCUT2D eigenvalue weighted by atomic mass is 10.2. The number of Topliss-reactive ketones (excluding diaryl/α,β-unsaturated/α-hetero) is 1. The molecule has 1 aromatic heterocycles. The average molecular weight is 223 g/mol. The fourth-order valence-corrected chi connectivity index (χ4v) is 1.45. The smallest absolute Gasteiger partial charge is 0.259 e. The lowest BCUT2D eigenvalue weighted by Crippen LogP contribution is -2.14. The highest BCUT2D eigenvalue weighted by Crippen LogP contribution is 2.14. The number of carbonyl (C=O) groups is 1. The van der Waals surface area contributed by atoms with E-state index in [0.29, 0.717) is 15.9 Å². The normalized spacial score (nSPS) is 10.5. The minimum atomic E-state index is -0.332. The number of hydrogen-bond acceptors (Lipinski definition) is 3. The number of ketones is 1. The molecule has 0 aliphatic rings. The van der Waals surface area contributed by atoms with E-state index in [1.807, 2.05) is 0 Å². The Bertz CT molecular complexity index is 604. The molecule has 0 aliphatic carbocycles. The molecule has 76 valence electrons. The van der Waals surface area contributed by atoms with Crippen LogP contribution in [0.25, 0.3) is 10.9 Å². The van der Waals surface area contributed by atoms with Crippen molar-refractivity contribution in [3.63, 3.8) is 0 Å². The SMILES string of the molecule is CC(=O)c1nc2cc(Cl)ccc2c(=O)[nH]1. The number of aromatic amines is 1. The molecule has 0 fully saturated rings. The molecule has 0 amide bonds. The van der Waals surface area contributed by atoms with Crippen LogP contribution in [-0.4, -0.2) is 15.8 Å². The summed E-state index contributed by atoms with van der Waals surface area (Å²) in [5, 5.41) is 0.902. The van der Waals surface area contributed by atoms with Crippen LogP contribution in [-0.2, 0) is 0 Å². The Balaban J connectivity index is 2.85.